The number of carbonyl (C=O) groups excluding carboxylic acids is 2. The number of cyclic esters (lactones) is 1. The van der Waals surface area contributed by atoms with Crippen molar-refractivity contribution in [3.63, 3.8) is 0 Å². The Hall–Kier alpha value is -3.08. The van der Waals surface area contributed by atoms with Crippen LogP contribution in [0.3, 0.4) is 0 Å². The molecule has 2 aromatic carbocycles. The SMILES string of the molecule is COC(=O)C=C(c1ccccc1)N1C(=O)OC[C@@H]1Cc1ccccc1. The maximum atomic E-state index is 12.4. The Kier molecular flexibility index (Phi) is 5.14. The molecule has 1 atom stereocenters. The summed E-state index contributed by atoms with van der Waals surface area (Å²) in [5.74, 6) is -0.517. The average molecular weight is 337 g/mol. The number of hydrogen-bond donors (Lipinski definition) is 0. The van der Waals surface area contributed by atoms with E-state index in [0.29, 0.717) is 12.1 Å². The van der Waals surface area contributed by atoms with Crippen LogP contribution in [-0.2, 0) is 20.7 Å². The summed E-state index contributed by atoms with van der Waals surface area (Å²) in [5, 5.41) is 0. The highest BCUT2D eigenvalue weighted by atomic mass is 16.6. The van der Waals surface area contributed by atoms with Gasteiger partial charge >= 0.3 is 12.1 Å². The fourth-order valence-electron chi connectivity index (χ4n) is 2.86. The van der Waals surface area contributed by atoms with Crippen LogP contribution in [0, 0.1) is 0 Å². The van der Waals surface area contributed by atoms with E-state index in [0.717, 1.165) is 11.1 Å². The zero-order valence-electron chi connectivity index (χ0n) is 13.9. The number of hydrogen-bond acceptors (Lipinski definition) is 4. The van der Waals surface area contributed by atoms with Crippen molar-refractivity contribution < 1.29 is 19.1 Å². The Morgan fingerprint density at radius 2 is 1.80 bits per heavy atom. The Bertz CT molecular complexity index is 771. The van der Waals surface area contributed by atoms with Crippen molar-refractivity contribution in [2.75, 3.05) is 13.7 Å². The summed E-state index contributed by atoms with van der Waals surface area (Å²) in [6.07, 6.45) is 1.51. The van der Waals surface area contributed by atoms with Gasteiger partial charge in [-0.2, -0.15) is 0 Å². The predicted octanol–water partition coefficient (Wildman–Crippen LogP) is 3.26. The van der Waals surface area contributed by atoms with E-state index in [9.17, 15) is 9.59 Å². The first-order valence-corrected chi connectivity index (χ1v) is 8.04. The van der Waals surface area contributed by atoms with Crippen LogP contribution in [0.4, 0.5) is 4.79 Å². The molecule has 25 heavy (non-hydrogen) atoms. The van der Waals surface area contributed by atoms with Gasteiger partial charge in [0.05, 0.1) is 18.8 Å². The number of esters is 1. The van der Waals surface area contributed by atoms with Crippen LogP contribution in [0.1, 0.15) is 11.1 Å². The van der Waals surface area contributed by atoms with Gasteiger partial charge < -0.3 is 9.47 Å². The van der Waals surface area contributed by atoms with Gasteiger partial charge in [-0.3, -0.25) is 4.90 Å². The molecule has 5 nitrogen and oxygen atoms in total. The third-order valence-electron chi connectivity index (χ3n) is 4.06. The van der Waals surface area contributed by atoms with Gasteiger partial charge in [-0.05, 0) is 17.5 Å². The molecule has 0 bridgehead atoms. The van der Waals surface area contributed by atoms with E-state index in [1.165, 1.54) is 13.2 Å². The maximum Gasteiger partial charge on any atom is 0.414 e. The lowest BCUT2D eigenvalue weighted by molar-refractivity contribution is -0.134. The second kappa shape index (κ2) is 7.66. The van der Waals surface area contributed by atoms with Gasteiger partial charge in [0.25, 0.3) is 0 Å². The van der Waals surface area contributed by atoms with E-state index >= 15 is 0 Å². The van der Waals surface area contributed by atoms with Gasteiger partial charge in [0.15, 0.2) is 0 Å². The highest BCUT2D eigenvalue weighted by Gasteiger charge is 2.36. The van der Waals surface area contributed by atoms with Crippen molar-refractivity contribution in [2.45, 2.75) is 12.5 Å². The Balaban J connectivity index is 1.96. The van der Waals surface area contributed by atoms with Crippen molar-refractivity contribution in [2.24, 2.45) is 0 Å². The molecule has 0 spiro atoms. The highest BCUT2D eigenvalue weighted by molar-refractivity contribution is 5.95. The fourth-order valence-corrected chi connectivity index (χ4v) is 2.86. The first-order valence-electron chi connectivity index (χ1n) is 8.04. The largest absolute Gasteiger partial charge is 0.466 e. The molecule has 0 aliphatic carbocycles. The molecule has 5 heteroatoms. The summed E-state index contributed by atoms with van der Waals surface area (Å²) in [4.78, 5) is 25.8. The minimum Gasteiger partial charge on any atom is -0.466 e. The quantitative estimate of drug-likeness (QED) is 0.621. The first-order chi connectivity index (χ1) is 12.2. The molecule has 1 amide bonds. The minimum absolute atomic E-state index is 0.189. The standard InChI is InChI=1S/C20H19NO4/c1-24-19(22)13-18(16-10-6-3-7-11-16)21-17(14-25-20(21)23)12-15-8-4-2-5-9-15/h2-11,13,17H,12,14H2,1H3/t17-/m0/s1. The lowest BCUT2D eigenvalue weighted by Crippen LogP contribution is -2.34. The van der Waals surface area contributed by atoms with Gasteiger partial charge in [0.2, 0.25) is 0 Å². The maximum absolute atomic E-state index is 12.4. The molecule has 128 valence electrons. The van der Waals surface area contributed by atoms with Crippen LogP contribution >= 0.6 is 0 Å². The van der Waals surface area contributed by atoms with Crippen molar-refractivity contribution in [1.29, 1.82) is 0 Å². The van der Waals surface area contributed by atoms with Crippen LogP contribution in [0.5, 0.6) is 0 Å². The highest BCUT2D eigenvalue weighted by Crippen LogP contribution is 2.28. The van der Waals surface area contributed by atoms with Crippen molar-refractivity contribution in [3.05, 3.63) is 77.9 Å². The van der Waals surface area contributed by atoms with E-state index in [2.05, 4.69) is 0 Å². The van der Waals surface area contributed by atoms with Crippen LogP contribution in [0.2, 0.25) is 0 Å². The van der Waals surface area contributed by atoms with Crippen LogP contribution < -0.4 is 0 Å². The van der Waals surface area contributed by atoms with Crippen molar-refractivity contribution in [3.8, 4) is 0 Å². The number of rotatable bonds is 5. The monoisotopic (exact) mass is 337 g/mol. The molecule has 1 fully saturated rings. The molecule has 0 N–H and O–H groups in total. The lowest BCUT2D eigenvalue weighted by Gasteiger charge is -2.24. The topological polar surface area (TPSA) is 55.8 Å². The molecule has 1 heterocycles. The summed E-state index contributed by atoms with van der Waals surface area (Å²) in [6.45, 7) is 0.277. The van der Waals surface area contributed by atoms with Gasteiger partial charge in [-0.15, -0.1) is 0 Å². The van der Waals surface area contributed by atoms with E-state index in [-0.39, 0.29) is 12.6 Å². The first kappa shape index (κ1) is 16.8. The van der Waals surface area contributed by atoms with Crippen LogP contribution in [0.15, 0.2) is 66.7 Å². The number of methoxy groups -OCH3 is 1. The number of ether oxygens (including phenoxy) is 2. The molecular formula is C20H19NO4. The molecule has 3 rings (SSSR count). The zero-order chi connectivity index (χ0) is 17.6. The molecule has 0 aromatic heterocycles. The van der Waals surface area contributed by atoms with Gasteiger partial charge in [-0.1, -0.05) is 60.7 Å². The van der Waals surface area contributed by atoms with E-state index in [1.807, 2.05) is 60.7 Å². The third-order valence-corrected chi connectivity index (χ3v) is 4.06. The Morgan fingerprint density at radius 3 is 2.44 bits per heavy atom. The predicted molar refractivity (Wildman–Crippen MR) is 93.6 cm³/mol. The Labute approximate surface area is 146 Å². The lowest BCUT2D eigenvalue weighted by atomic mass is 10.0. The molecular weight excluding hydrogens is 318 g/mol. The van der Waals surface area contributed by atoms with E-state index < -0.39 is 12.1 Å². The molecule has 0 saturated carbocycles. The Morgan fingerprint density at radius 1 is 1.16 bits per heavy atom. The normalized spacial score (nSPS) is 17.3. The number of benzene rings is 2. The number of nitrogens with zero attached hydrogens (tertiary/aromatic N) is 1. The third kappa shape index (κ3) is 3.88. The summed E-state index contributed by atoms with van der Waals surface area (Å²) < 4.78 is 10.0. The molecule has 2 aromatic rings. The molecule has 1 saturated heterocycles. The van der Waals surface area contributed by atoms with E-state index in [1.54, 1.807) is 4.90 Å². The second-order valence-electron chi connectivity index (χ2n) is 5.71. The summed E-state index contributed by atoms with van der Waals surface area (Å²) in [6, 6.07) is 19.0. The van der Waals surface area contributed by atoms with Crippen molar-refractivity contribution in [1.82, 2.24) is 4.90 Å². The van der Waals surface area contributed by atoms with Gasteiger partial charge in [0, 0.05) is 6.08 Å². The number of amides is 1. The zero-order valence-corrected chi connectivity index (χ0v) is 13.9. The molecule has 1 aliphatic rings. The smallest absolute Gasteiger partial charge is 0.414 e. The van der Waals surface area contributed by atoms with Crippen LogP contribution in [0.25, 0.3) is 5.70 Å². The van der Waals surface area contributed by atoms with E-state index in [4.69, 9.17) is 9.47 Å². The second-order valence-corrected chi connectivity index (χ2v) is 5.71. The number of carbonyl (C=O) groups is 2. The average Bonchev–Trinajstić information content (AvgIpc) is 3.01. The summed E-state index contributed by atoms with van der Waals surface area (Å²) >= 11 is 0. The molecule has 0 unspecified atom stereocenters. The van der Waals surface area contributed by atoms with Crippen LogP contribution in [-0.4, -0.2) is 36.7 Å². The van der Waals surface area contributed by atoms with Gasteiger partial charge in [-0.25, -0.2) is 9.59 Å². The van der Waals surface area contributed by atoms with Gasteiger partial charge in [0.1, 0.15) is 6.61 Å². The molecule has 1 aliphatic heterocycles. The fraction of sp³-hybridized carbons (Fsp3) is 0.200. The van der Waals surface area contributed by atoms with Crippen molar-refractivity contribution >= 4 is 17.8 Å². The molecule has 0 radical (unpaired) electrons. The minimum atomic E-state index is -0.517. The summed E-state index contributed by atoms with van der Waals surface area (Å²) in [5.41, 5.74) is 2.34. The summed E-state index contributed by atoms with van der Waals surface area (Å²) in [7, 11) is 1.31.